The van der Waals surface area contributed by atoms with Crippen LogP contribution in [-0.4, -0.2) is 59.9 Å². The van der Waals surface area contributed by atoms with Crippen LogP contribution in [0.15, 0.2) is 36.4 Å². The third-order valence-electron chi connectivity index (χ3n) is 6.27. The molecule has 34 heavy (non-hydrogen) atoms. The first-order chi connectivity index (χ1) is 16.2. The monoisotopic (exact) mass is 468 g/mol. The summed E-state index contributed by atoms with van der Waals surface area (Å²) in [5.74, 6) is 0.139. The summed E-state index contributed by atoms with van der Waals surface area (Å²) in [4.78, 5) is 51.8. The van der Waals surface area contributed by atoms with Crippen LogP contribution in [-0.2, 0) is 28.1 Å². The molecule has 0 spiro atoms. The fourth-order valence-corrected chi connectivity index (χ4v) is 4.30. The number of rotatable bonds is 6. The van der Waals surface area contributed by atoms with Gasteiger partial charge in [0.15, 0.2) is 11.5 Å². The van der Waals surface area contributed by atoms with Gasteiger partial charge in [-0.2, -0.15) is 0 Å². The molecule has 11 heteroatoms. The zero-order valence-corrected chi connectivity index (χ0v) is 19.0. The van der Waals surface area contributed by atoms with Crippen LogP contribution in [0.2, 0.25) is 0 Å². The quantitative estimate of drug-likeness (QED) is 0.389. The van der Waals surface area contributed by atoms with Crippen LogP contribution in [0.3, 0.4) is 0 Å². The number of nitro groups is 1. The van der Waals surface area contributed by atoms with Crippen molar-refractivity contribution in [1.29, 1.82) is 0 Å². The number of imide groups is 1. The zero-order valence-electron chi connectivity index (χ0n) is 19.0. The van der Waals surface area contributed by atoms with Crippen molar-refractivity contribution in [2.24, 2.45) is 0 Å². The molecule has 0 saturated carbocycles. The van der Waals surface area contributed by atoms with Crippen molar-refractivity contribution in [1.82, 2.24) is 15.1 Å². The van der Waals surface area contributed by atoms with Crippen LogP contribution in [0.1, 0.15) is 23.6 Å². The van der Waals surface area contributed by atoms with E-state index < -0.39 is 28.9 Å². The van der Waals surface area contributed by atoms with Gasteiger partial charge in [0.05, 0.1) is 19.1 Å². The van der Waals surface area contributed by atoms with E-state index in [1.807, 2.05) is 12.1 Å². The Bertz CT molecular complexity index is 1200. The van der Waals surface area contributed by atoms with E-state index in [9.17, 15) is 24.5 Å². The Hall–Kier alpha value is -4.15. The fourth-order valence-electron chi connectivity index (χ4n) is 4.30. The molecule has 0 radical (unpaired) electrons. The maximum atomic E-state index is 13.2. The number of nitrogens with zero attached hydrogens (tertiary/aromatic N) is 3. The Morgan fingerprint density at radius 2 is 1.82 bits per heavy atom. The normalized spacial score (nSPS) is 19.5. The molecule has 2 heterocycles. The predicted molar refractivity (Wildman–Crippen MR) is 119 cm³/mol. The molecule has 178 valence electrons. The van der Waals surface area contributed by atoms with Gasteiger partial charge in [-0.05, 0) is 42.2 Å². The van der Waals surface area contributed by atoms with Crippen molar-refractivity contribution in [2.75, 3.05) is 27.3 Å². The summed E-state index contributed by atoms with van der Waals surface area (Å²) < 4.78 is 10.7. The standard InChI is InChI=1S/C23H24N4O7/c1-23(16-5-4-6-17(11-16)27(31)32)21(29)26(22(30)24-23)13-20(28)25-8-7-14-9-18(33-2)19(34-3)10-15(14)12-25/h4-6,9-11H,7-8,12-13H2,1-3H3,(H,24,30). The van der Waals surface area contributed by atoms with E-state index >= 15 is 0 Å². The second-order valence-corrected chi connectivity index (χ2v) is 8.30. The van der Waals surface area contributed by atoms with Gasteiger partial charge in [0.25, 0.3) is 11.6 Å². The number of non-ortho nitro benzene ring substituents is 1. The third kappa shape index (κ3) is 3.89. The van der Waals surface area contributed by atoms with Crippen LogP contribution in [0.4, 0.5) is 10.5 Å². The highest BCUT2D eigenvalue weighted by Gasteiger charge is 2.50. The van der Waals surface area contributed by atoms with Gasteiger partial charge in [-0.25, -0.2) is 4.79 Å². The molecule has 2 aliphatic heterocycles. The number of carbonyl (C=O) groups is 3. The summed E-state index contributed by atoms with van der Waals surface area (Å²) in [6.07, 6.45) is 0.590. The minimum Gasteiger partial charge on any atom is -0.493 e. The number of hydrogen-bond acceptors (Lipinski definition) is 7. The number of hydrogen-bond donors (Lipinski definition) is 1. The zero-order chi connectivity index (χ0) is 24.6. The SMILES string of the molecule is COc1cc2c(cc1OC)CN(C(=O)CN1C(=O)NC(C)(c3cccc([N+](=O)[O-])c3)C1=O)CC2. The second kappa shape index (κ2) is 8.65. The Labute approximate surface area is 195 Å². The average Bonchev–Trinajstić information content (AvgIpc) is 3.06. The summed E-state index contributed by atoms with van der Waals surface area (Å²) in [6, 6.07) is 8.50. The molecule has 2 aromatic carbocycles. The lowest BCUT2D eigenvalue weighted by atomic mass is 9.91. The number of benzene rings is 2. The fraction of sp³-hybridized carbons (Fsp3) is 0.348. The number of nitro benzene ring substituents is 1. The molecule has 4 rings (SSSR count). The lowest BCUT2D eigenvalue weighted by Gasteiger charge is -2.30. The minimum absolute atomic E-state index is 0.200. The van der Waals surface area contributed by atoms with E-state index in [2.05, 4.69) is 5.32 Å². The molecule has 4 amide bonds. The van der Waals surface area contributed by atoms with Crippen LogP contribution in [0, 0.1) is 10.1 Å². The van der Waals surface area contributed by atoms with Crippen LogP contribution in [0.5, 0.6) is 11.5 Å². The van der Waals surface area contributed by atoms with Gasteiger partial charge in [-0.3, -0.25) is 24.6 Å². The molecule has 2 aromatic rings. The number of amides is 4. The Morgan fingerprint density at radius 1 is 1.15 bits per heavy atom. The molecular formula is C23H24N4O7. The van der Waals surface area contributed by atoms with Crippen LogP contribution in [0.25, 0.3) is 0 Å². The minimum atomic E-state index is -1.51. The molecule has 11 nitrogen and oxygen atoms in total. The summed E-state index contributed by atoms with van der Waals surface area (Å²) in [6.45, 7) is 1.76. The highest BCUT2D eigenvalue weighted by molar-refractivity contribution is 6.09. The van der Waals surface area contributed by atoms with Crippen molar-refractivity contribution in [3.8, 4) is 11.5 Å². The van der Waals surface area contributed by atoms with E-state index in [1.54, 1.807) is 12.0 Å². The van der Waals surface area contributed by atoms with E-state index in [0.717, 1.165) is 16.0 Å². The highest BCUT2D eigenvalue weighted by atomic mass is 16.6. The van der Waals surface area contributed by atoms with E-state index in [4.69, 9.17) is 9.47 Å². The lowest BCUT2D eigenvalue weighted by molar-refractivity contribution is -0.385. The number of ether oxygens (including phenoxy) is 2. The lowest BCUT2D eigenvalue weighted by Crippen LogP contribution is -2.45. The van der Waals surface area contributed by atoms with Crippen molar-refractivity contribution in [3.05, 3.63) is 63.2 Å². The first-order valence-corrected chi connectivity index (χ1v) is 10.6. The predicted octanol–water partition coefficient (Wildman–Crippen LogP) is 1.96. The first-order valence-electron chi connectivity index (χ1n) is 10.6. The van der Waals surface area contributed by atoms with Gasteiger partial charge in [-0.15, -0.1) is 0 Å². The Kier molecular flexibility index (Phi) is 5.86. The maximum Gasteiger partial charge on any atom is 0.325 e. The van der Waals surface area contributed by atoms with Crippen LogP contribution >= 0.6 is 0 Å². The van der Waals surface area contributed by atoms with Crippen molar-refractivity contribution in [3.63, 3.8) is 0 Å². The van der Waals surface area contributed by atoms with Crippen molar-refractivity contribution in [2.45, 2.75) is 25.4 Å². The molecule has 0 aromatic heterocycles. The van der Waals surface area contributed by atoms with Gasteiger partial charge in [0, 0.05) is 25.2 Å². The second-order valence-electron chi connectivity index (χ2n) is 8.30. The van der Waals surface area contributed by atoms with Gasteiger partial charge >= 0.3 is 6.03 Å². The Balaban J connectivity index is 1.51. The molecule has 1 N–H and O–H groups in total. The van der Waals surface area contributed by atoms with Gasteiger partial charge in [0.2, 0.25) is 5.91 Å². The molecule has 1 fully saturated rings. The van der Waals surface area contributed by atoms with Gasteiger partial charge < -0.3 is 19.7 Å². The molecule has 0 bridgehead atoms. The molecule has 0 aliphatic carbocycles. The van der Waals surface area contributed by atoms with Crippen LogP contribution < -0.4 is 14.8 Å². The number of methoxy groups -OCH3 is 2. The number of carbonyl (C=O) groups excluding carboxylic acids is 3. The number of urea groups is 1. The van der Waals surface area contributed by atoms with Crippen molar-refractivity contribution >= 4 is 23.5 Å². The summed E-state index contributed by atoms with van der Waals surface area (Å²) in [5, 5.41) is 13.7. The first kappa shape index (κ1) is 23.0. The van der Waals surface area contributed by atoms with Crippen molar-refractivity contribution < 1.29 is 28.8 Å². The van der Waals surface area contributed by atoms with Gasteiger partial charge in [-0.1, -0.05) is 12.1 Å². The number of nitrogens with one attached hydrogen (secondary N) is 1. The maximum absolute atomic E-state index is 13.2. The average molecular weight is 468 g/mol. The van der Waals surface area contributed by atoms with E-state index in [0.29, 0.717) is 31.0 Å². The summed E-state index contributed by atoms with van der Waals surface area (Å²) >= 11 is 0. The third-order valence-corrected chi connectivity index (χ3v) is 6.27. The Morgan fingerprint density at radius 3 is 2.47 bits per heavy atom. The molecule has 2 aliphatic rings. The van der Waals surface area contributed by atoms with Gasteiger partial charge in [0.1, 0.15) is 12.1 Å². The molecular weight excluding hydrogens is 444 g/mol. The number of fused-ring (bicyclic) bond motifs is 1. The topological polar surface area (TPSA) is 131 Å². The van der Waals surface area contributed by atoms with E-state index in [1.165, 1.54) is 38.3 Å². The molecule has 1 atom stereocenters. The molecule has 1 unspecified atom stereocenters. The van der Waals surface area contributed by atoms with E-state index in [-0.39, 0.29) is 17.2 Å². The molecule has 1 saturated heterocycles. The highest BCUT2D eigenvalue weighted by Crippen LogP contribution is 2.34. The largest absolute Gasteiger partial charge is 0.493 e. The summed E-state index contributed by atoms with van der Waals surface area (Å²) in [7, 11) is 3.09. The summed E-state index contributed by atoms with van der Waals surface area (Å²) in [5.41, 5.74) is 0.491. The smallest absolute Gasteiger partial charge is 0.325 e.